The van der Waals surface area contributed by atoms with Gasteiger partial charge >= 0.3 is 6.18 Å². The van der Waals surface area contributed by atoms with E-state index in [1.807, 2.05) is 0 Å². The molecule has 8 heteroatoms. The SMILES string of the molecule is C=CCN(CC(F)(F)F)C(=O)C1CCCN(C(=O)c2ccc(F)cc2)C1. The summed E-state index contributed by atoms with van der Waals surface area (Å²) in [5.41, 5.74) is 0.276. The highest BCUT2D eigenvalue weighted by Gasteiger charge is 2.37. The van der Waals surface area contributed by atoms with E-state index in [9.17, 15) is 27.2 Å². The highest BCUT2D eigenvalue weighted by atomic mass is 19.4. The molecule has 1 aromatic carbocycles. The average Bonchev–Trinajstić information content (AvgIpc) is 2.60. The lowest BCUT2D eigenvalue weighted by molar-refractivity contribution is -0.163. The van der Waals surface area contributed by atoms with Gasteiger partial charge in [-0.15, -0.1) is 6.58 Å². The van der Waals surface area contributed by atoms with Gasteiger partial charge in [0, 0.05) is 25.2 Å². The summed E-state index contributed by atoms with van der Waals surface area (Å²) >= 11 is 0. The van der Waals surface area contributed by atoms with E-state index in [0.717, 1.165) is 12.1 Å². The molecular weight excluding hydrogens is 352 g/mol. The minimum Gasteiger partial charge on any atom is -0.338 e. The highest BCUT2D eigenvalue weighted by molar-refractivity contribution is 5.94. The summed E-state index contributed by atoms with van der Waals surface area (Å²) in [6.07, 6.45) is -2.33. The normalized spacial score (nSPS) is 17.7. The lowest BCUT2D eigenvalue weighted by Gasteiger charge is -2.35. The summed E-state index contributed by atoms with van der Waals surface area (Å²) in [4.78, 5) is 27.1. The maximum Gasteiger partial charge on any atom is 0.406 e. The van der Waals surface area contributed by atoms with Crippen LogP contribution in [0.4, 0.5) is 17.6 Å². The molecule has 1 aliphatic heterocycles. The average molecular weight is 372 g/mol. The fourth-order valence-corrected chi connectivity index (χ4v) is 3.00. The summed E-state index contributed by atoms with van der Waals surface area (Å²) in [5.74, 6) is -2.18. The molecule has 1 saturated heterocycles. The molecule has 1 heterocycles. The summed E-state index contributed by atoms with van der Waals surface area (Å²) in [6, 6.07) is 5.01. The van der Waals surface area contributed by atoms with E-state index in [1.165, 1.54) is 23.1 Å². The van der Waals surface area contributed by atoms with Gasteiger partial charge in [0.25, 0.3) is 5.91 Å². The van der Waals surface area contributed by atoms with Crippen LogP contribution in [0.2, 0.25) is 0 Å². The van der Waals surface area contributed by atoms with Crippen molar-refractivity contribution in [3.05, 3.63) is 48.3 Å². The number of carbonyl (C=O) groups is 2. The topological polar surface area (TPSA) is 40.6 Å². The number of halogens is 4. The number of likely N-dealkylation sites (tertiary alicyclic amines) is 1. The molecule has 1 unspecified atom stereocenters. The van der Waals surface area contributed by atoms with Gasteiger partial charge in [-0.2, -0.15) is 13.2 Å². The van der Waals surface area contributed by atoms with Crippen LogP contribution in [0, 0.1) is 11.7 Å². The molecule has 1 aliphatic rings. The number of nitrogens with zero attached hydrogens (tertiary/aromatic N) is 2. The van der Waals surface area contributed by atoms with Gasteiger partial charge < -0.3 is 9.80 Å². The van der Waals surface area contributed by atoms with Crippen molar-refractivity contribution >= 4 is 11.8 Å². The van der Waals surface area contributed by atoms with E-state index in [2.05, 4.69) is 6.58 Å². The Kier molecular flexibility index (Phi) is 6.39. The predicted octanol–water partition coefficient (Wildman–Crippen LogP) is 3.25. The Balaban J connectivity index is 2.08. The molecule has 0 aliphatic carbocycles. The van der Waals surface area contributed by atoms with Crippen molar-refractivity contribution in [1.82, 2.24) is 9.80 Å². The molecule has 0 radical (unpaired) electrons. The number of piperidine rings is 1. The third-order valence-electron chi connectivity index (χ3n) is 4.18. The van der Waals surface area contributed by atoms with Crippen molar-refractivity contribution in [2.75, 3.05) is 26.2 Å². The monoisotopic (exact) mass is 372 g/mol. The first-order valence-electron chi connectivity index (χ1n) is 8.22. The first-order valence-corrected chi connectivity index (χ1v) is 8.22. The Morgan fingerprint density at radius 2 is 1.92 bits per heavy atom. The van der Waals surface area contributed by atoms with Crippen LogP contribution >= 0.6 is 0 Å². The molecule has 0 N–H and O–H groups in total. The van der Waals surface area contributed by atoms with Crippen LogP contribution < -0.4 is 0 Å². The fraction of sp³-hybridized carbons (Fsp3) is 0.444. The van der Waals surface area contributed by atoms with Gasteiger partial charge in [0.2, 0.25) is 5.91 Å². The first-order chi connectivity index (χ1) is 12.2. The summed E-state index contributed by atoms with van der Waals surface area (Å²) in [5, 5.41) is 0. The second-order valence-corrected chi connectivity index (χ2v) is 6.22. The molecule has 4 nitrogen and oxygen atoms in total. The number of hydrogen-bond acceptors (Lipinski definition) is 2. The Labute approximate surface area is 149 Å². The van der Waals surface area contributed by atoms with Crippen molar-refractivity contribution in [3.63, 3.8) is 0 Å². The molecule has 1 aromatic rings. The van der Waals surface area contributed by atoms with Crippen LogP contribution in [0.5, 0.6) is 0 Å². The molecular formula is C18H20F4N2O2. The molecule has 0 spiro atoms. The van der Waals surface area contributed by atoms with Crippen LogP contribution in [0.25, 0.3) is 0 Å². The van der Waals surface area contributed by atoms with E-state index in [4.69, 9.17) is 0 Å². The molecule has 1 atom stereocenters. The van der Waals surface area contributed by atoms with Gasteiger partial charge in [-0.05, 0) is 37.1 Å². The third-order valence-corrected chi connectivity index (χ3v) is 4.18. The maximum absolute atomic E-state index is 13.0. The van der Waals surface area contributed by atoms with Gasteiger partial charge in [0.15, 0.2) is 0 Å². The zero-order valence-electron chi connectivity index (χ0n) is 14.1. The second kappa shape index (κ2) is 8.33. The van der Waals surface area contributed by atoms with Crippen molar-refractivity contribution in [2.45, 2.75) is 19.0 Å². The molecule has 0 bridgehead atoms. The van der Waals surface area contributed by atoms with E-state index < -0.39 is 30.4 Å². The summed E-state index contributed by atoms with van der Waals surface area (Å²) in [7, 11) is 0. The van der Waals surface area contributed by atoms with Crippen LogP contribution in [0.1, 0.15) is 23.2 Å². The van der Waals surface area contributed by atoms with Crippen molar-refractivity contribution < 1.29 is 27.2 Å². The molecule has 26 heavy (non-hydrogen) atoms. The van der Waals surface area contributed by atoms with E-state index in [-0.39, 0.29) is 24.6 Å². The van der Waals surface area contributed by atoms with Gasteiger partial charge in [-0.3, -0.25) is 9.59 Å². The zero-order chi connectivity index (χ0) is 19.3. The Morgan fingerprint density at radius 1 is 1.27 bits per heavy atom. The quantitative estimate of drug-likeness (QED) is 0.588. The van der Waals surface area contributed by atoms with Crippen LogP contribution in [-0.4, -0.2) is 54.0 Å². The van der Waals surface area contributed by atoms with E-state index in [0.29, 0.717) is 24.3 Å². The smallest absolute Gasteiger partial charge is 0.338 e. The standard InChI is InChI=1S/C18H20F4N2O2/c1-2-9-24(12-18(20,21)22)17(26)14-4-3-10-23(11-14)16(25)13-5-7-15(19)8-6-13/h2,5-8,14H,1,3-4,9-12H2. The van der Waals surface area contributed by atoms with Gasteiger partial charge in [-0.25, -0.2) is 4.39 Å². The molecule has 142 valence electrons. The predicted molar refractivity (Wildman–Crippen MR) is 87.9 cm³/mol. The van der Waals surface area contributed by atoms with Crippen LogP contribution in [0.15, 0.2) is 36.9 Å². The minimum atomic E-state index is -4.50. The third kappa shape index (κ3) is 5.31. The number of amides is 2. The lowest BCUT2D eigenvalue weighted by Crippen LogP contribution is -2.48. The largest absolute Gasteiger partial charge is 0.406 e. The number of alkyl halides is 3. The van der Waals surface area contributed by atoms with Crippen LogP contribution in [-0.2, 0) is 4.79 Å². The molecule has 2 rings (SSSR count). The van der Waals surface area contributed by atoms with E-state index in [1.54, 1.807) is 0 Å². The molecule has 0 aromatic heterocycles. The zero-order valence-corrected chi connectivity index (χ0v) is 14.1. The maximum atomic E-state index is 13.0. The van der Waals surface area contributed by atoms with Crippen molar-refractivity contribution in [1.29, 1.82) is 0 Å². The van der Waals surface area contributed by atoms with Gasteiger partial charge in [-0.1, -0.05) is 6.08 Å². The van der Waals surface area contributed by atoms with Crippen LogP contribution in [0.3, 0.4) is 0 Å². The van der Waals surface area contributed by atoms with Gasteiger partial charge in [0.1, 0.15) is 12.4 Å². The number of rotatable bonds is 5. The highest BCUT2D eigenvalue weighted by Crippen LogP contribution is 2.23. The summed E-state index contributed by atoms with van der Waals surface area (Å²) < 4.78 is 51.1. The molecule has 2 amide bonds. The number of carbonyl (C=O) groups excluding carboxylic acids is 2. The second-order valence-electron chi connectivity index (χ2n) is 6.22. The van der Waals surface area contributed by atoms with Crippen molar-refractivity contribution in [3.8, 4) is 0 Å². The number of hydrogen-bond donors (Lipinski definition) is 0. The Morgan fingerprint density at radius 3 is 2.50 bits per heavy atom. The minimum absolute atomic E-state index is 0.0422. The fourth-order valence-electron chi connectivity index (χ4n) is 3.00. The number of benzene rings is 1. The summed E-state index contributed by atoms with van der Waals surface area (Å²) in [6.45, 7) is 2.28. The Bertz CT molecular complexity index is 658. The lowest BCUT2D eigenvalue weighted by atomic mass is 9.95. The molecule has 0 saturated carbocycles. The molecule has 1 fully saturated rings. The Hall–Kier alpha value is -2.38. The van der Waals surface area contributed by atoms with Gasteiger partial charge in [0.05, 0.1) is 5.92 Å². The first kappa shape index (κ1) is 19.9. The van der Waals surface area contributed by atoms with E-state index >= 15 is 0 Å². The van der Waals surface area contributed by atoms with Crippen molar-refractivity contribution in [2.24, 2.45) is 5.92 Å².